The molecule has 2 aromatic carbocycles. The van der Waals surface area contributed by atoms with E-state index in [0.717, 1.165) is 34.0 Å². The van der Waals surface area contributed by atoms with Crippen LogP contribution < -0.4 is 10.5 Å². The number of nitrogens with zero attached hydrogens (tertiary/aromatic N) is 2. The van der Waals surface area contributed by atoms with Crippen LogP contribution in [0.2, 0.25) is 0 Å². The fourth-order valence-corrected chi connectivity index (χ4v) is 4.89. The standard InChI is InChI=1S/C26H29F6N3O/c27-25(28,29)15-18-8-12-34(13-9-18)16-19-2-7-24-22(14-19)23(17-35(24)11-1-10-33)20-3-5-21(6-4-20)36-26(30,31)32/h2-7,14,17-18H,1,8-13,15-16,33H2. The zero-order chi connectivity index (χ0) is 25.9. The van der Waals surface area contributed by atoms with Crippen molar-refractivity contribution in [2.45, 2.75) is 51.3 Å². The lowest BCUT2D eigenvalue weighted by molar-refractivity contribution is -0.274. The van der Waals surface area contributed by atoms with E-state index >= 15 is 0 Å². The Morgan fingerprint density at radius 1 is 0.944 bits per heavy atom. The van der Waals surface area contributed by atoms with Crippen LogP contribution in [-0.4, -0.2) is 41.6 Å². The maximum Gasteiger partial charge on any atom is 0.573 e. The molecular formula is C26H29F6N3O. The third-order valence-corrected chi connectivity index (χ3v) is 6.58. The summed E-state index contributed by atoms with van der Waals surface area (Å²) in [5.74, 6) is -0.607. The molecule has 36 heavy (non-hydrogen) atoms. The van der Waals surface area contributed by atoms with Gasteiger partial charge >= 0.3 is 12.5 Å². The maximum atomic E-state index is 12.7. The SMILES string of the molecule is NCCCn1cc(-c2ccc(OC(F)(F)F)cc2)c2cc(CN3CCC(CC(F)(F)F)CC3)ccc21. The van der Waals surface area contributed by atoms with Gasteiger partial charge in [-0.2, -0.15) is 13.2 Å². The third kappa shape index (κ3) is 6.94. The van der Waals surface area contributed by atoms with Gasteiger partial charge < -0.3 is 15.0 Å². The number of alkyl halides is 6. The number of benzene rings is 2. The van der Waals surface area contributed by atoms with E-state index < -0.39 is 19.0 Å². The molecule has 2 heterocycles. The predicted molar refractivity (Wildman–Crippen MR) is 126 cm³/mol. The fourth-order valence-electron chi connectivity index (χ4n) is 4.89. The molecule has 196 valence electrons. The van der Waals surface area contributed by atoms with E-state index in [-0.39, 0.29) is 11.7 Å². The fraction of sp³-hybridized carbons (Fsp3) is 0.462. The largest absolute Gasteiger partial charge is 0.573 e. The van der Waals surface area contributed by atoms with Gasteiger partial charge in [0, 0.05) is 42.2 Å². The number of nitrogens with two attached hydrogens (primary N) is 1. The molecule has 0 amide bonds. The molecule has 3 aromatic rings. The lowest BCUT2D eigenvalue weighted by atomic mass is 9.93. The van der Waals surface area contributed by atoms with Crippen molar-refractivity contribution in [3.63, 3.8) is 0 Å². The van der Waals surface area contributed by atoms with Crippen LogP contribution in [0.15, 0.2) is 48.7 Å². The first-order valence-corrected chi connectivity index (χ1v) is 12.0. The Bertz CT molecular complexity index is 1150. The van der Waals surface area contributed by atoms with E-state index in [2.05, 4.69) is 20.3 Å². The number of likely N-dealkylation sites (tertiary alicyclic amines) is 1. The monoisotopic (exact) mass is 513 g/mol. The van der Waals surface area contributed by atoms with Crippen LogP contribution in [0.4, 0.5) is 26.3 Å². The topological polar surface area (TPSA) is 43.4 Å². The summed E-state index contributed by atoms with van der Waals surface area (Å²) in [5.41, 5.74) is 9.35. The maximum absolute atomic E-state index is 12.7. The summed E-state index contributed by atoms with van der Waals surface area (Å²) in [5, 5.41) is 0.959. The summed E-state index contributed by atoms with van der Waals surface area (Å²) in [4.78, 5) is 2.17. The summed E-state index contributed by atoms with van der Waals surface area (Å²) in [7, 11) is 0. The third-order valence-electron chi connectivity index (χ3n) is 6.58. The van der Waals surface area contributed by atoms with Gasteiger partial charge in [0.2, 0.25) is 0 Å². The molecule has 0 radical (unpaired) electrons. The molecule has 0 unspecified atom stereocenters. The molecule has 1 saturated heterocycles. The van der Waals surface area contributed by atoms with Crippen molar-refractivity contribution in [1.29, 1.82) is 0 Å². The number of ether oxygens (including phenoxy) is 1. The van der Waals surface area contributed by atoms with Gasteiger partial charge in [-0.25, -0.2) is 0 Å². The molecule has 0 aliphatic carbocycles. The second-order valence-corrected chi connectivity index (χ2v) is 9.34. The minimum absolute atomic E-state index is 0.285. The van der Waals surface area contributed by atoms with Crippen LogP contribution in [0.3, 0.4) is 0 Å². The smallest absolute Gasteiger partial charge is 0.406 e. The van der Waals surface area contributed by atoms with Crippen LogP contribution in [0, 0.1) is 5.92 Å². The van der Waals surface area contributed by atoms with Crippen LogP contribution in [0.5, 0.6) is 5.75 Å². The van der Waals surface area contributed by atoms with E-state index in [4.69, 9.17) is 5.73 Å². The zero-order valence-electron chi connectivity index (χ0n) is 19.7. The molecule has 10 heteroatoms. The van der Waals surface area contributed by atoms with Gasteiger partial charge in [-0.3, -0.25) is 4.90 Å². The Morgan fingerprint density at radius 3 is 2.25 bits per heavy atom. The number of hydrogen-bond donors (Lipinski definition) is 1. The van der Waals surface area contributed by atoms with Crippen molar-refractivity contribution in [3.8, 4) is 16.9 Å². The van der Waals surface area contributed by atoms with E-state index in [1.54, 1.807) is 12.1 Å². The lowest BCUT2D eigenvalue weighted by Gasteiger charge is -2.32. The first-order chi connectivity index (χ1) is 17.0. The number of aryl methyl sites for hydroxylation is 1. The lowest BCUT2D eigenvalue weighted by Crippen LogP contribution is -2.34. The molecule has 1 aliphatic heterocycles. The summed E-state index contributed by atoms with van der Waals surface area (Å²) in [6.45, 7) is 3.09. The predicted octanol–water partition coefficient (Wildman–Crippen LogP) is 6.72. The van der Waals surface area contributed by atoms with Gasteiger partial charge in [0.15, 0.2) is 0 Å². The highest BCUT2D eigenvalue weighted by Crippen LogP contribution is 2.35. The van der Waals surface area contributed by atoms with Gasteiger partial charge in [0.1, 0.15) is 5.75 Å². The Hall–Kier alpha value is -2.72. The highest BCUT2D eigenvalue weighted by molar-refractivity contribution is 5.96. The quantitative estimate of drug-likeness (QED) is 0.340. The molecule has 2 N–H and O–H groups in total. The van der Waals surface area contributed by atoms with Crippen LogP contribution >= 0.6 is 0 Å². The highest BCUT2D eigenvalue weighted by atomic mass is 19.4. The van der Waals surface area contributed by atoms with Crippen molar-refractivity contribution in [1.82, 2.24) is 9.47 Å². The Balaban J connectivity index is 1.55. The van der Waals surface area contributed by atoms with E-state index in [0.29, 0.717) is 45.6 Å². The van der Waals surface area contributed by atoms with Crippen LogP contribution in [0.1, 0.15) is 31.2 Å². The van der Waals surface area contributed by atoms with Crippen molar-refractivity contribution >= 4 is 10.9 Å². The minimum Gasteiger partial charge on any atom is -0.406 e. The molecule has 1 aliphatic rings. The summed E-state index contributed by atoms with van der Waals surface area (Å²) >= 11 is 0. The van der Waals surface area contributed by atoms with Crippen LogP contribution in [-0.2, 0) is 13.1 Å². The second-order valence-electron chi connectivity index (χ2n) is 9.34. The molecule has 1 aromatic heterocycles. The molecule has 0 spiro atoms. The van der Waals surface area contributed by atoms with Crippen molar-refractivity contribution in [3.05, 3.63) is 54.2 Å². The van der Waals surface area contributed by atoms with Crippen molar-refractivity contribution < 1.29 is 31.1 Å². The Morgan fingerprint density at radius 2 is 1.64 bits per heavy atom. The van der Waals surface area contributed by atoms with Gasteiger partial charge in [0.25, 0.3) is 0 Å². The Labute approximate surface area is 205 Å². The Kier molecular flexibility index (Phi) is 7.85. The van der Waals surface area contributed by atoms with Gasteiger partial charge in [0.05, 0.1) is 0 Å². The van der Waals surface area contributed by atoms with E-state index in [1.807, 2.05) is 18.3 Å². The highest BCUT2D eigenvalue weighted by Gasteiger charge is 2.33. The summed E-state index contributed by atoms with van der Waals surface area (Å²) in [6, 6.07) is 11.9. The molecule has 1 fully saturated rings. The summed E-state index contributed by atoms with van der Waals surface area (Å²) < 4.78 is 81.8. The number of hydrogen-bond acceptors (Lipinski definition) is 3. The van der Waals surface area contributed by atoms with Gasteiger partial charge in [-0.05, 0) is 80.2 Å². The second kappa shape index (κ2) is 10.7. The number of rotatable bonds is 8. The van der Waals surface area contributed by atoms with E-state index in [9.17, 15) is 26.3 Å². The average molecular weight is 514 g/mol. The molecule has 0 saturated carbocycles. The minimum atomic E-state index is -4.75. The number of fused-ring (bicyclic) bond motifs is 1. The number of aromatic nitrogens is 1. The summed E-state index contributed by atoms with van der Waals surface area (Å²) in [6.07, 6.45) is -5.80. The van der Waals surface area contributed by atoms with Crippen molar-refractivity contribution in [2.24, 2.45) is 11.7 Å². The molecule has 0 atom stereocenters. The first kappa shape index (κ1) is 26.3. The average Bonchev–Trinajstić information content (AvgIpc) is 3.15. The number of halogens is 6. The van der Waals surface area contributed by atoms with Crippen molar-refractivity contribution in [2.75, 3.05) is 19.6 Å². The first-order valence-electron chi connectivity index (χ1n) is 12.0. The number of piperidine rings is 1. The molecule has 4 nitrogen and oxygen atoms in total. The van der Waals surface area contributed by atoms with E-state index in [1.165, 1.54) is 12.1 Å². The molecular weight excluding hydrogens is 484 g/mol. The normalized spacial score (nSPS) is 16.1. The molecule has 0 bridgehead atoms. The van der Waals surface area contributed by atoms with Crippen LogP contribution in [0.25, 0.3) is 22.0 Å². The van der Waals surface area contributed by atoms with Gasteiger partial charge in [-0.15, -0.1) is 13.2 Å². The van der Waals surface area contributed by atoms with Gasteiger partial charge in [-0.1, -0.05) is 18.2 Å². The molecule has 4 rings (SSSR count). The zero-order valence-corrected chi connectivity index (χ0v) is 19.7.